The molecule has 2 aromatic heterocycles. The number of aromatic nitrogens is 3. The first-order valence-corrected chi connectivity index (χ1v) is 10.5. The van der Waals surface area contributed by atoms with Crippen LogP contribution in [0.4, 0.5) is 5.69 Å². The van der Waals surface area contributed by atoms with E-state index in [1.54, 1.807) is 40.4 Å². The molecule has 29 heavy (non-hydrogen) atoms. The van der Waals surface area contributed by atoms with Gasteiger partial charge in [-0.05, 0) is 44.2 Å². The van der Waals surface area contributed by atoms with Crippen LogP contribution in [0.15, 0.2) is 36.9 Å². The van der Waals surface area contributed by atoms with Crippen LogP contribution in [0.25, 0.3) is 5.69 Å². The number of hydrogen-bond acceptors (Lipinski definition) is 6. The molecule has 4 rings (SSSR count). The molecule has 0 aliphatic heterocycles. The SMILES string of the molecule is O=C(NCCCc1nc2c(s1)CCCC2)c1ccc(-n2ccnc2)c([N+](=O)[O-])c1. The lowest BCUT2D eigenvalue weighted by Crippen LogP contribution is -2.25. The highest BCUT2D eigenvalue weighted by Crippen LogP contribution is 2.27. The van der Waals surface area contributed by atoms with Gasteiger partial charge in [-0.3, -0.25) is 14.9 Å². The Balaban J connectivity index is 1.35. The zero-order valence-corrected chi connectivity index (χ0v) is 16.7. The van der Waals surface area contributed by atoms with E-state index in [9.17, 15) is 14.9 Å². The topological polar surface area (TPSA) is 103 Å². The second kappa shape index (κ2) is 8.52. The van der Waals surface area contributed by atoms with Gasteiger partial charge in [-0.1, -0.05) is 0 Å². The molecule has 0 unspecified atom stereocenters. The van der Waals surface area contributed by atoms with Gasteiger partial charge in [-0.2, -0.15) is 0 Å². The summed E-state index contributed by atoms with van der Waals surface area (Å²) in [4.78, 5) is 33.4. The maximum Gasteiger partial charge on any atom is 0.294 e. The Morgan fingerprint density at radius 2 is 2.17 bits per heavy atom. The second-order valence-corrected chi connectivity index (χ2v) is 8.14. The van der Waals surface area contributed by atoms with E-state index in [0.717, 1.165) is 30.7 Å². The predicted octanol–water partition coefficient (Wildman–Crippen LogP) is 3.48. The standard InChI is InChI=1S/C20H21N5O3S/c26-20(22-9-3-6-19-23-15-4-1-2-5-18(15)29-19)14-7-8-16(17(12-14)25(27)28)24-11-10-21-13-24/h7-8,10-13H,1-6,9H2,(H,22,26). The van der Waals surface area contributed by atoms with Gasteiger partial charge in [0.15, 0.2) is 0 Å². The smallest absolute Gasteiger partial charge is 0.294 e. The Bertz CT molecular complexity index is 1010. The number of carbonyl (C=O) groups is 1. The summed E-state index contributed by atoms with van der Waals surface area (Å²) in [6.07, 6.45) is 11.0. The van der Waals surface area contributed by atoms with Crippen LogP contribution in [-0.4, -0.2) is 31.9 Å². The Hall–Kier alpha value is -3.07. The first-order valence-electron chi connectivity index (χ1n) is 9.64. The van der Waals surface area contributed by atoms with Crippen molar-refractivity contribution >= 4 is 22.9 Å². The van der Waals surface area contributed by atoms with Gasteiger partial charge < -0.3 is 9.88 Å². The number of amides is 1. The number of nitrogens with one attached hydrogen (secondary N) is 1. The van der Waals surface area contributed by atoms with Gasteiger partial charge in [0.2, 0.25) is 0 Å². The maximum atomic E-state index is 12.4. The molecule has 0 radical (unpaired) electrons. The Kier molecular flexibility index (Phi) is 5.66. The highest BCUT2D eigenvalue weighted by molar-refractivity contribution is 7.11. The Morgan fingerprint density at radius 3 is 2.93 bits per heavy atom. The molecular weight excluding hydrogens is 390 g/mol. The summed E-state index contributed by atoms with van der Waals surface area (Å²) in [6, 6.07) is 4.46. The first-order chi connectivity index (χ1) is 14.1. The van der Waals surface area contributed by atoms with E-state index in [0.29, 0.717) is 12.2 Å². The third-order valence-corrected chi connectivity index (χ3v) is 6.18. The Labute approximate surface area is 171 Å². The number of nitro benzene ring substituents is 1. The number of thiazole rings is 1. The number of imidazole rings is 1. The van der Waals surface area contributed by atoms with Crippen LogP contribution in [0, 0.1) is 10.1 Å². The minimum atomic E-state index is -0.490. The van der Waals surface area contributed by atoms with Gasteiger partial charge in [-0.25, -0.2) is 9.97 Å². The summed E-state index contributed by atoms with van der Waals surface area (Å²) in [5.41, 5.74) is 1.76. The summed E-state index contributed by atoms with van der Waals surface area (Å²) in [5.74, 6) is -0.316. The minimum Gasteiger partial charge on any atom is -0.352 e. The molecule has 2 heterocycles. The molecule has 0 saturated carbocycles. The van der Waals surface area contributed by atoms with Crippen LogP contribution in [0.3, 0.4) is 0 Å². The van der Waals surface area contributed by atoms with E-state index < -0.39 is 4.92 Å². The van der Waals surface area contributed by atoms with Crippen LogP contribution < -0.4 is 5.32 Å². The average Bonchev–Trinajstić information content (AvgIpc) is 3.40. The summed E-state index contributed by atoms with van der Waals surface area (Å²) in [6.45, 7) is 0.500. The van der Waals surface area contributed by atoms with Gasteiger partial charge in [0, 0.05) is 41.9 Å². The maximum absolute atomic E-state index is 12.4. The van der Waals surface area contributed by atoms with Crippen LogP contribution in [-0.2, 0) is 19.3 Å². The lowest BCUT2D eigenvalue weighted by atomic mass is 10.0. The van der Waals surface area contributed by atoms with Gasteiger partial charge in [0.1, 0.15) is 5.69 Å². The molecule has 1 aromatic carbocycles. The van der Waals surface area contributed by atoms with Gasteiger partial charge >= 0.3 is 0 Å². The third-order valence-electron chi connectivity index (χ3n) is 4.96. The molecule has 1 N–H and O–H groups in total. The van der Waals surface area contributed by atoms with Crippen molar-refractivity contribution in [3.63, 3.8) is 0 Å². The van der Waals surface area contributed by atoms with Gasteiger partial charge in [0.05, 0.1) is 22.0 Å². The molecule has 1 amide bonds. The molecule has 8 nitrogen and oxygen atoms in total. The van der Waals surface area contributed by atoms with Gasteiger partial charge in [0.25, 0.3) is 11.6 Å². The second-order valence-electron chi connectivity index (χ2n) is 6.97. The lowest BCUT2D eigenvalue weighted by Gasteiger charge is -2.07. The van der Waals surface area contributed by atoms with Crippen LogP contribution in [0.1, 0.15) is 45.2 Å². The molecule has 1 aliphatic carbocycles. The first kappa shape index (κ1) is 19.3. The molecule has 0 bridgehead atoms. The zero-order chi connectivity index (χ0) is 20.2. The average molecular weight is 411 g/mol. The van der Waals surface area contributed by atoms with Crippen molar-refractivity contribution in [2.24, 2.45) is 0 Å². The van der Waals surface area contributed by atoms with Crippen LogP contribution >= 0.6 is 11.3 Å². The largest absolute Gasteiger partial charge is 0.352 e. The van der Waals surface area contributed by atoms with Crippen molar-refractivity contribution in [2.45, 2.75) is 38.5 Å². The summed E-state index contributed by atoms with van der Waals surface area (Å²) in [5, 5.41) is 15.4. The van der Waals surface area contributed by atoms with E-state index in [2.05, 4.69) is 10.3 Å². The monoisotopic (exact) mass is 411 g/mol. The summed E-state index contributed by atoms with van der Waals surface area (Å²) < 4.78 is 1.55. The van der Waals surface area contributed by atoms with Crippen molar-refractivity contribution in [2.75, 3.05) is 6.54 Å². The minimum absolute atomic E-state index is 0.135. The number of rotatable bonds is 7. The van der Waals surface area contributed by atoms with Crippen molar-refractivity contribution in [1.82, 2.24) is 19.9 Å². The molecule has 0 spiro atoms. The van der Waals surface area contributed by atoms with Crippen LogP contribution in [0.2, 0.25) is 0 Å². The molecular formula is C20H21N5O3S. The van der Waals surface area contributed by atoms with E-state index in [4.69, 9.17) is 4.98 Å². The number of nitrogens with zero attached hydrogens (tertiary/aromatic N) is 4. The predicted molar refractivity (Wildman–Crippen MR) is 110 cm³/mol. The fraction of sp³-hybridized carbons (Fsp3) is 0.350. The highest BCUT2D eigenvalue weighted by atomic mass is 32.1. The van der Waals surface area contributed by atoms with Crippen molar-refractivity contribution in [3.8, 4) is 5.69 Å². The molecule has 0 atom stereocenters. The fourth-order valence-electron chi connectivity index (χ4n) is 3.49. The lowest BCUT2D eigenvalue weighted by molar-refractivity contribution is -0.384. The van der Waals surface area contributed by atoms with Crippen molar-refractivity contribution in [3.05, 3.63) is 68.2 Å². The van der Waals surface area contributed by atoms with Crippen molar-refractivity contribution < 1.29 is 9.72 Å². The number of aryl methyl sites for hydroxylation is 3. The zero-order valence-electron chi connectivity index (χ0n) is 15.8. The molecule has 0 saturated heterocycles. The summed E-state index contributed by atoms with van der Waals surface area (Å²) >= 11 is 1.79. The number of benzene rings is 1. The van der Waals surface area contributed by atoms with E-state index in [1.165, 1.54) is 35.8 Å². The van der Waals surface area contributed by atoms with Crippen LogP contribution in [0.5, 0.6) is 0 Å². The molecule has 150 valence electrons. The number of carbonyl (C=O) groups excluding carboxylic acids is 1. The number of nitro groups is 1. The summed E-state index contributed by atoms with van der Waals surface area (Å²) in [7, 11) is 0. The number of hydrogen-bond donors (Lipinski definition) is 1. The van der Waals surface area contributed by atoms with Gasteiger partial charge in [-0.15, -0.1) is 11.3 Å². The quantitative estimate of drug-likeness (QED) is 0.364. The Morgan fingerprint density at radius 1 is 1.31 bits per heavy atom. The molecule has 0 fully saturated rings. The number of fused-ring (bicyclic) bond motifs is 1. The fourth-order valence-corrected chi connectivity index (χ4v) is 4.69. The third kappa shape index (κ3) is 4.34. The molecule has 9 heteroatoms. The van der Waals surface area contributed by atoms with E-state index in [1.807, 2.05) is 0 Å². The highest BCUT2D eigenvalue weighted by Gasteiger charge is 2.19. The normalized spacial score (nSPS) is 13.1. The molecule has 3 aromatic rings. The van der Waals surface area contributed by atoms with Crippen molar-refractivity contribution in [1.29, 1.82) is 0 Å². The van der Waals surface area contributed by atoms with E-state index in [-0.39, 0.29) is 17.2 Å². The molecule has 1 aliphatic rings. The van der Waals surface area contributed by atoms with E-state index >= 15 is 0 Å².